The van der Waals surface area contributed by atoms with Gasteiger partial charge < -0.3 is 9.47 Å². The molecule has 1 aliphatic carbocycles. The summed E-state index contributed by atoms with van der Waals surface area (Å²) < 4.78 is 9.38. The predicted molar refractivity (Wildman–Crippen MR) is 109 cm³/mol. The number of allylic oxidation sites excluding steroid dienone is 9. The number of carbonyl (C=O) groups is 2. The molecular formula is C23H32O4. The lowest BCUT2D eigenvalue weighted by molar-refractivity contribution is -0.156. The van der Waals surface area contributed by atoms with Gasteiger partial charge in [-0.05, 0) is 50.2 Å². The van der Waals surface area contributed by atoms with Crippen LogP contribution in [0, 0.1) is 11.3 Å². The minimum Gasteiger partial charge on any atom is -0.468 e. The van der Waals surface area contributed by atoms with E-state index in [2.05, 4.69) is 39.0 Å². The normalized spacial score (nSPS) is 19.4. The Kier molecular flexibility index (Phi) is 8.48. The van der Waals surface area contributed by atoms with Gasteiger partial charge in [0, 0.05) is 0 Å². The lowest BCUT2D eigenvalue weighted by atomic mass is 9.73. The third-order valence-electron chi connectivity index (χ3n) is 4.93. The quantitative estimate of drug-likeness (QED) is 0.370. The van der Waals surface area contributed by atoms with Gasteiger partial charge in [-0.3, -0.25) is 9.59 Å². The summed E-state index contributed by atoms with van der Waals surface area (Å²) in [5.41, 5.74) is 4.54. The van der Waals surface area contributed by atoms with Gasteiger partial charge in [-0.2, -0.15) is 0 Å². The Morgan fingerprint density at radius 2 is 1.70 bits per heavy atom. The number of esters is 2. The predicted octanol–water partition coefficient (Wildman–Crippen LogP) is 5.09. The van der Waals surface area contributed by atoms with E-state index < -0.39 is 17.9 Å². The smallest absolute Gasteiger partial charge is 0.324 e. The van der Waals surface area contributed by atoms with Crippen LogP contribution in [0.4, 0.5) is 0 Å². The van der Waals surface area contributed by atoms with Gasteiger partial charge >= 0.3 is 11.9 Å². The Hall–Kier alpha value is -2.36. The summed E-state index contributed by atoms with van der Waals surface area (Å²) >= 11 is 0. The van der Waals surface area contributed by atoms with Crippen LogP contribution in [0.5, 0.6) is 0 Å². The van der Waals surface area contributed by atoms with Crippen LogP contribution in [-0.2, 0) is 19.1 Å². The Labute approximate surface area is 163 Å². The Balaban J connectivity index is 2.96. The maximum atomic E-state index is 11.8. The molecule has 0 aromatic carbocycles. The summed E-state index contributed by atoms with van der Waals surface area (Å²) in [7, 11) is 2.51. The topological polar surface area (TPSA) is 52.6 Å². The van der Waals surface area contributed by atoms with Crippen LogP contribution in [0.1, 0.15) is 47.5 Å². The van der Waals surface area contributed by atoms with Gasteiger partial charge in [0.2, 0.25) is 0 Å². The average Bonchev–Trinajstić information content (AvgIpc) is 2.60. The first-order valence-corrected chi connectivity index (χ1v) is 9.20. The van der Waals surface area contributed by atoms with E-state index in [-0.39, 0.29) is 5.41 Å². The number of hydrogen-bond donors (Lipinski definition) is 0. The van der Waals surface area contributed by atoms with Crippen molar-refractivity contribution in [3.05, 3.63) is 58.7 Å². The molecule has 0 saturated carbocycles. The fourth-order valence-corrected chi connectivity index (χ4v) is 3.21. The van der Waals surface area contributed by atoms with Crippen LogP contribution in [0.2, 0.25) is 0 Å². The summed E-state index contributed by atoms with van der Waals surface area (Å²) in [4.78, 5) is 23.6. The monoisotopic (exact) mass is 372 g/mol. The third-order valence-corrected chi connectivity index (χ3v) is 4.93. The fourth-order valence-electron chi connectivity index (χ4n) is 3.21. The number of hydrogen-bond acceptors (Lipinski definition) is 4. The first-order valence-electron chi connectivity index (χ1n) is 9.20. The number of rotatable bonds is 6. The second-order valence-corrected chi connectivity index (χ2v) is 7.55. The summed E-state index contributed by atoms with van der Waals surface area (Å²) in [6, 6.07) is 0. The molecule has 0 fully saturated rings. The third kappa shape index (κ3) is 6.38. The van der Waals surface area contributed by atoms with Gasteiger partial charge in [0.1, 0.15) is 0 Å². The van der Waals surface area contributed by atoms with Crippen LogP contribution >= 0.6 is 0 Å². The lowest BCUT2D eigenvalue weighted by Gasteiger charge is -2.32. The van der Waals surface area contributed by atoms with Gasteiger partial charge in [0.25, 0.3) is 0 Å². The molecule has 0 heterocycles. The molecule has 0 radical (unpaired) electrons. The van der Waals surface area contributed by atoms with Crippen molar-refractivity contribution in [2.24, 2.45) is 11.3 Å². The number of carbonyl (C=O) groups excluding carboxylic acids is 2. The maximum Gasteiger partial charge on any atom is 0.324 e. The highest BCUT2D eigenvalue weighted by molar-refractivity contribution is 5.98. The highest BCUT2D eigenvalue weighted by Gasteiger charge is 2.30. The molecule has 0 atom stereocenters. The van der Waals surface area contributed by atoms with E-state index in [1.807, 2.05) is 19.1 Å². The zero-order valence-corrected chi connectivity index (χ0v) is 17.6. The van der Waals surface area contributed by atoms with Crippen LogP contribution in [0.3, 0.4) is 0 Å². The molecule has 0 unspecified atom stereocenters. The molecule has 0 saturated heterocycles. The Morgan fingerprint density at radius 3 is 2.22 bits per heavy atom. The van der Waals surface area contributed by atoms with Crippen molar-refractivity contribution in [1.82, 2.24) is 0 Å². The highest BCUT2D eigenvalue weighted by atomic mass is 16.5. The molecule has 27 heavy (non-hydrogen) atoms. The molecule has 0 bridgehead atoms. The van der Waals surface area contributed by atoms with Gasteiger partial charge in [-0.25, -0.2) is 0 Å². The zero-order valence-electron chi connectivity index (χ0n) is 17.6. The Morgan fingerprint density at radius 1 is 1.11 bits per heavy atom. The van der Waals surface area contributed by atoms with Gasteiger partial charge in [-0.1, -0.05) is 61.4 Å². The van der Waals surface area contributed by atoms with E-state index in [0.29, 0.717) is 5.57 Å². The van der Waals surface area contributed by atoms with Crippen molar-refractivity contribution in [3.63, 3.8) is 0 Å². The lowest BCUT2D eigenvalue weighted by Crippen LogP contribution is -2.27. The van der Waals surface area contributed by atoms with Gasteiger partial charge in [0.05, 0.1) is 14.2 Å². The second kappa shape index (κ2) is 10.1. The van der Waals surface area contributed by atoms with Crippen molar-refractivity contribution in [3.8, 4) is 0 Å². The maximum absolute atomic E-state index is 11.8. The van der Waals surface area contributed by atoms with E-state index in [0.717, 1.165) is 18.4 Å². The first kappa shape index (κ1) is 22.7. The van der Waals surface area contributed by atoms with Gasteiger partial charge in [-0.15, -0.1) is 0 Å². The summed E-state index contributed by atoms with van der Waals surface area (Å²) in [6.07, 6.45) is 14.4. The molecule has 4 nitrogen and oxygen atoms in total. The minimum absolute atomic E-state index is 0.185. The molecule has 4 heteroatoms. The SMILES string of the molecule is COC(=O)C(C(=O)OC)C(C)=CC=CC(C)=CC=C1C(C)=CCCC1(C)C. The summed E-state index contributed by atoms with van der Waals surface area (Å²) in [5, 5.41) is 0. The molecule has 0 spiro atoms. The Bertz CT molecular complexity index is 699. The highest BCUT2D eigenvalue weighted by Crippen LogP contribution is 2.40. The van der Waals surface area contributed by atoms with E-state index in [4.69, 9.17) is 9.47 Å². The van der Waals surface area contributed by atoms with E-state index in [1.54, 1.807) is 13.0 Å². The van der Waals surface area contributed by atoms with Crippen molar-refractivity contribution < 1.29 is 19.1 Å². The zero-order chi connectivity index (χ0) is 20.6. The summed E-state index contributed by atoms with van der Waals surface area (Å²) in [6.45, 7) is 10.4. The molecule has 1 aliphatic rings. The summed E-state index contributed by atoms with van der Waals surface area (Å²) in [5.74, 6) is -2.28. The number of ether oxygens (including phenoxy) is 2. The fraction of sp³-hybridized carbons (Fsp3) is 0.478. The van der Waals surface area contributed by atoms with E-state index in [1.165, 1.54) is 25.4 Å². The molecule has 0 amide bonds. The van der Waals surface area contributed by atoms with Gasteiger partial charge in [0.15, 0.2) is 5.92 Å². The molecule has 0 aliphatic heterocycles. The molecule has 148 valence electrons. The molecule has 1 rings (SSSR count). The second-order valence-electron chi connectivity index (χ2n) is 7.55. The largest absolute Gasteiger partial charge is 0.468 e. The van der Waals surface area contributed by atoms with Crippen molar-refractivity contribution in [2.45, 2.75) is 47.5 Å². The average molecular weight is 373 g/mol. The van der Waals surface area contributed by atoms with Crippen LogP contribution in [-0.4, -0.2) is 26.2 Å². The van der Waals surface area contributed by atoms with Crippen molar-refractivity contribution in [1.29, 1.82) is 0 Å². The standard InChI is InChI=1S/C23H32O4/c1-16(13-14-19-17(2)12-9-15-23(19,4)5)10-8-11-18(3)20(21(24)26-6)22(25)27-7/h8,10-14,20H,9,15H2,1-7H3. The van der Waals surface area contributed by atoms with Crippen LogP contribution in [0.15, 0.2) is 58.7 Å². The molecular weight excluding hydrogens is 340 g/mol. The van der Waals surface area contributed by atoms with Crippen molar-refractivity contribution >= 4 is 11.9 Å². The molecule has 0 aromatic heterocycles. The van der Waals surface area contributed by atoms with Crippen LogP contribution in [0.25, 0.3) is 0 Å². The van der Waals surface area contributed by atoms with Crippen LogP contribution < -0.4 is 0 Å². The molecule has 0 aromatic rings. The number of methoxy groups -OCH3 is 2. The van der Waals surface area contributed by atoms with Crippen molar-refractivity contribution in [2.75, 3.05) is 14.2 Å². The van der Waals surface area contributed by atoms with E-state index >= 15 is 0 Å². The van der Waals surface area contributed by atoms with E-state index in [9.17, 15) is 9.59 Å². The first-order chi connectivity index (χ1) is 12.6. The molecule has 0 N–H and O–H groups in total. The minimum atomic E-state index is -1.04.